The van der Waals surface area contributed by atoms with E-state index >= 15 is 0 Å². The summed E-state index contributed by atoms with van der Waals surface area (Å²) in [4.78, 5) is 17.9. The molecule has 0 fully saturated rings. The van der Waals surface area contributed by atoms with Gasteiger partial charge in [-0.3, -0.25) is 9.36 Å². The summed E-state index contributed by atoms with van der Waals surface area (Å²) in [5.74, 6) is 0.136. The molecule has 1 heterocycles. The van der Waals surface area contributed by atoms with Crippen LogP contribution in [0.4, 0.5) is 4.39 Å². The van der Waals surface area contributed by atoms with E-state index in [1.165, 1.54) is 6.07 Å². The van der Waals surface area contributed by atoms with Gasteiger partial charge in [-0.25, -0.2) is 9.37 Å². The molecule has 0 spiro atoms. The molecule has 0 amide bonds. The number of fused-ring (bicyclic) bond motifs is 1. The van der Waals surface area contributed by atoms with Crippen LogP contribution in [-0.2, 0) is 0 Å². The van der Waals surface area contributed by atoms with Gasteiger partial charge in [0.25, 0.3) is 5.56 Å². The fourth-order valence-corrected chi connectivity index (χ4v) is 3.37. The minimum absolute atomic E-state index is 0.149. The Bertz CT molecular complexity index is 1250. The Balaban J connectivity index is 1.99. The third-order valence-electron chi connectivity index (χ3n) is 4.58. The molecule has 0 radical (unpaired) electrons. The maximum Gasteiger partial charge on any atom is 0.266 e. The summed E-state index contributed by atoms with van der Waals surface area (Å²) in [5.41, 5.74) is 3.76. The number of aryl methyl sites for hydroxylation is 2. The summed E-state index contributed by atoms with van der Waals surface area (Å²) in [7, 11) is 0. The first-order valence-corrected chi connectivity index (χ1v) is 9.06. The Morgan fingerprint density at radius 2 is 1.57 bits per heavy atom. The molecule has 0 aliphatic carbocycles. The molecule has 0 saturated carbocycles. The molecule has 1 aromatic heterocycles. The van der Waals surface area contributed by atoms with E-state index in [0.29, 0.717) is 22.3 Å². The summed E-state index contributed by atoms with van der Waals surface area (Å²) in [6.45, 7) is 3.98. The van der Waals surface area contributed by atoms with Crippen LogP contribution in [0.1, 0.15) is 22.5 Å². The van der Waals surface area contributed by atoms with E-state index in [1.807, 2.05) is 44.2 Å². The van der Waals surface area contributed by atoms with Crippen molar-refractivity contribution in [1.29, 1.82) is 0 Å². The summed E-state index contributed by atoms with van der Waals surface area (Å²) < 4.78 is 15.6. The maximum atomic E-state index is 14.0. The van der Waals surface area contributed by atoms with Crippen molar-refractivity contribution < 1.29 is 4.39 Å². The Morgan fingerprint density at radius 1 is 0.893 bits per heavy atom. The number of para-hydroxylation sites is 1. The van der Waals surface area contributed by atoms with Crippen LogP contribution in [0.25, 0.3) is 28.7 Å². The number of benzene rings is 3. The minimum atomic E-state index is -0.320. The van der Waals surface area contributed by atoms with E-state index in [-0.39, 0.29) is 11.4 Å². The Labute approximate surface area is 162 Å². The molecule has 3 aromatic carbocycles. The molecular weight excluding hydrogens is 351 g/mol. The number of halogens is 1. The number of nitrogens with zero attached hydrogens (tertiary/aromatic N) is 2. The standard InChI is InChI=1S/C24H19FN2O/c1-16-13-17(2)15-19(14-16)27-23(12-11-18-7-3-5-9-21(18)25)26-22-10-6-4-8-20(22)24(27)28/h3-15H,1-2H3. The van der Waals surface area contributed by atoms with Gasteiger partial charge in [0, 0.05) is 5.56 Å². The van der Waals surface area contributed by atoms with E-state index in [0.717, 1.165) is 16.8 Å². The van der Waals surface area contributed by atoms with Crippen LogP contribution in [0.5, 0.6) is 0 Å². The average Bonchev–Trinajstić information content (AvgIpc) is 2.66. The van der Waals surface area contributed by atoms with Crippen LogP contribution >= 0.6 is 0 Å². The lowest BCUT2D eigenvalue weighted by Gasteiger charge is -2.13. The van der Waals surface area contributed by atoms with E-state index in [9.17, 15) is 9.18 Å². The van der Waals surface area contributed by atoms with Crippen LogP contribution in [-0.4, -0.2) is 9.55 Å². The molecule has 28 heavy (non-hydrogen) atoms. The Kier molecular flexibility index (Phi) is 4.62. The lowest BCUT2D eigenvalue weighted by Crippen LogP contribution is -2.22. The smallest absolute Gasteiger partial charge is 0.266 e. The fourth-order valence-electron chi connectivity index (χ4n) is 3.37. The molecule has 0 unspecified atom stereocenters. The number of hydrogen-bond donors (Lipinski definition) is 0. The van der Waals surface area contributed by atoms with Crippen molar-refractivity contribution in [3.05, 3.63) is 105 Å². The summed E-state index contributed by atoms with van der Waals surface area (Å²) in [6.07, 6.45) is 3.33. The summed E-state index contributed by atoms with van der Waals surface area (Å²) >= 11 is 0. The van der Waals surface area contributed by atoms with Crippen molar-refractivity contribution in [3.63, 3.8) is 0 Å². The van der Waals surface area contributed by atoms with E-state index in [4.69, 9.17) is 0 Å². The topological polar surface area (TPSA) is 34.9 Å². The molecule has 0 aliphatic heterocycles. The molecule has 4 heteroatoms. The van der Waals surface area contributed by atoms with Crippen LogP contribution in [0, 0.1) is 19.7 Å². The fraction of sp³-hybridized carbons (Fsp3) is 0.0833. The predicted octanol–water partition coefficient (Wildman–Crippen LogP) is 5.31. The number of hydrogen-bond acceptors (Lipinski definition) is 2. The van der Waals surface area contributed by atoms with Crippen LogP contribution < -0.4 is 5.56 Å². The second-order valence-corrected chi connectivity index (χ2v) is 6.83. The quantitative estimate of drug-likeness (QED) is 0.490. The summed E-state index contributed by atoms with van der Waals surface area (Å²) in [6, 6.07) is 19.7. The normalized spacial score (nSPS) is 11.4. The third kappa shape index (κ3) is 3.37. The van der Waals surface area contributed by atoms with Gasteiger partial charge >= 0.3 is 0 Å². The Morgan fingerprint density at radius 3 is 2.32 bits per heavy atom. The van der Waals surface area contributed by atoms with Crippen molar-refractivity contribution >= 4 is 23.1 Å². The van der Waals surface area contributed by atoms with Gasteiger partial charge in [0.1, 0.15) is 11.6 Å². The average molecular weight is 370 g/mol. The van der Waals surface area contributed by atoms with Crippen LogP contribution in [0.3, 0.4) is 0 Å². The monoisotopic (exact) mass is 370 g/mol. The second kappa shape index (κ2) is 7.24. The number of aromatic nitrogens is 2. The second-order valence-electron chi connectivity index (χ2n) is 6.83. The molecule has 138 valence electrons. The first-order chi connectivity index (χ1) is 13.5. The zero-order valence-electron chi connectivity index (χ0n) is 15.7. The Hall–Kier alpha value is -3.53. The van der Waals surface area contributed by atoms with Crippen molar-refractivity contribution in [2.75, 3.05) is 0 Å². The first-order valence-electron chi connectivity index (χ1n) is 9.06. The largest absolute Gasteiger partial charge is 0.268 e. The molecule has 0 aliphatic rings. The zero-order valence-corrected chi connectivity index (χ0v) is 15.7. The highest BCUT2D eigenvalue weighted by atomic mass is 19.1. The maximum absolute atomic E-state index is 14.0. The van der Waals surface area contributed by atoms with Crippen molar-refractivity contribution in [3.8, 4) is 5.69 Å². The van der Waals surface area contributed by atoms with Gasteiger partial charge in [-0.05, 0) is 67.5 Å². The molecule has 0 saturated heterocycles. The van der Waals surface area contributed by atoms with E-state index in [2.05, 4.69) is 11.1 Å². The zero-order chi connectivity index (χ0) is 19.7. The van der Waals surface area contributed by atoms with E-state index < -0.39 is 0 Å². The molecule has 4 aromatic rings. The van der Waals surface area contributed by atoms with Gasteiger partial charge in [0.05, 0.1) is 16.6 Å². The molecule has 3 nitrogen and oxygen atoms in total. The predicted molar refractivity (Wildman–Crippen MR) is 112 cm³/mol. The molecule has 0 bridgehead atoms. The van der Waals surface area contributed by atoms with Crippen LogP contribution in [0.2, 0.25) is 0 Å². The summed E-state index contributed by atoms with van der Waals surface area (Å²) in [5, 5.41) is 0.546. The van der Waals surface area contributed by atoms with Gasteiger partial charge in [-0.2, -0.15) is 0 Å². The van der Waals surface area contributed by atoms with Crippen molar-refractivity contribution in [1.82, 2.24) is 9.55 Å². The highest BCUT2D eigenvalue weighted by Gasteiger charge is 2.12. The third-order valence-corrected chi connectivity index (χ3v) is 4.58. The minimum Gasteiger partial charge on any atom is -0.268 e. The van der Waals surface area contributed by atoms with Crippen molar-refractivity contribution in [2.24, 2.45) is 0 Å². The SMILES string of the molecule is Cc1cc(C)cc(-n2c(C=Cc3ccccc3F)nc3ccccc3c2=O)c1. The van der Waals surface area contributed by atoms with E-state index in [1.54, 1.807) is 41.0 Å². The lowest BCUT2D eigenvalue weighted by molar-refractivity contribution is 0.625. The molecule has 0 N–H and O–H groups in total. The van der Waals surface area contributed by atoms with Gasteiger partial charge in [-0.1, -0.05) is 36.4 Å². The highest BCUT2D eigenvalue weighted by Crippen LogP contribution is 2.18. The van der Waals surface area contributed by atoms with Crippen molar-refractivity contribution in [2.45, 2.75) is 13.8 Å². The molecule has 0 atom stereocenters. The van der Waals surface area contributed by atoms with Gasteiger partial charge < -0.3 is 0 Å². The first kappa shape index (κ1) is 17.9. The number of rotatable bonds is 3. The van der Waals surface area contributed by atoms with Crippen LogP contribution in [0.15, 0.2) is 71.5 Å². The molecular formula is C24H19FN2O. The molecule has 4 rings (SSSR count). The lowest BCUT2D eigenvalue weighted by atomic mass is 10.1. The van der Waals surface area contributed by atoms with Gasteiger partial charge in [0.15, 0.2) is 0 Å². The van der Waals surface area contributed by atoms with Gasteiger partial charge in [-0.15, -0.1) is 0 Å². The van der Waals surface area contributed by atoms with Gasteiger partial charge in [0.2, 0.25) is 0 Å². The highest BCUT2D eigenvalue weighted by molar-refractivity contribution is 5.80.